The van der Waals surface area contributed by atoms with Crippen molar-refractivity contribution in [1.29, 1.82) is 5.26 Å². The van der Waals surface area contributed by atoms with Gasteiger partial charge in [-0.15, -0.1) is 0 Å². The molecular formula is C11H17NS. The fraction of sp³-hybridized carbons (Fsp3) is 0.727. The van der Waals surface area contributed by atoms with Gasteiger partial charge in [0.1, 0.15) is 0 Å². The Bertz CT molecular complexity index is 237. The summed E-state index contributed by atoms with van der Waals surface area (Å²) in [4.78, 5) is 0. The zero-order chi connectivity index (χ0) is 9.68. The van der Waals surface area contributed by atoms with Crippen molar-refractivity contribution >= 4 is 11.8 Å². The van der Waals surface area contributed by atoms with E-state index in [0.29, 0.717) is 0 Å². The average molecular weight is 195 g/mol. The Morgan fingerprint density at radius 3 is 2.85 bits per heavy atom. The van der Waals surface area contributed by atoms with Gasteiger partial charge in [-0.2, -0.15) is 17.0 Å². The zero-order valence-corrected chi connectivity index (χ0v) is 9.28. The zero-order valence-electron chi connectivity index (χ0n) is 8.47. The van der Waals surface area contributed by atoms with Crippen LogP contribution >= 0.6 is 11.8 Å². The van der Waals surface area contributed by atoms with Crippen LogP contribution in [-0.4, -0.2) is 11.5 Å². The van der Waals surface area contributed by atoms with E-state index in [1.165, 1.54) is 23.3 Å². The molecule has 0 aromatic carbocycles. The van der Waals surface area contributed by atoms with Crippen molar-refractivity contribution in [3.8, 4) is 6.07 Å². The van der Waals surface area contributed by atoms with Crippen molar-refractivity contribution in [2.24, 2.45) is 5.92 Å². The number of hydrogen-bond acceptors (Lipinski definition) is 2. The largest absolute Gasteiger partial charge is 0.198 e. The van der Waals surface area contributed by atoms with Crippen LogP contribution < -0.4 is 0 Å². The van der Waals surface area contributed by atoms with Crippen LogP contribution in [0.5, 0.6) is 0 Å². The van der Waals surface area contributed by atoms with Crippen LogP contribution in [-0.2, 0) is 0 Å². The molecule has 2 heteroatoms. The van der Waals surface area contributed by atoms with E-state index in [0.717, 1.165) is 18.6 Å². The van der Waals surface area contributed by atoms with Gasteiger partial charge >= 0.3 is 0 Å². The molecule has 1 heterocycles. The Hall–Kier alpha value is -0.420. The lowest BCUT2D eigenvalue weighted by Crippen LogP contribution is -1.98. The molecule has 0 saturated heterocycles. The molecule has 0 spiro atoms. The van der Waals surface area contributed by atoms with E-state index >= 15 is 0 Å². The Kier molecular flexibility index (Phi) is 4.38. The van der Waals surface area contributed by atoms with E-state index in [2.05, 4.69) is 19.9 Å². The molecule has 0 radical (unpaired) electrons. The van der Waals surface area contributed by atoms with Crippen LogP contribution in [0.25, 0.3) is 0 Å². The van der Waals surface area contributed by atoms with Gasteiger partial charge in [0.05, 0.1) is 12.0 Å². The van der Waals surface area contributed by atoms with Gasteiger partial charge in [-0.25, -0.2) is 0 Å². The van der Waals surface area contributed by atoms with Gasteiger partial charge < -0.3 is 0 Å². The number of nitrogens with zero attached hydrogens (tertiary/aromatic N) is 1. The Morgan fingerprint density at radius 1 is 1.38 bits per heavy atom. The van der Waals surface area contributed by atoms with Gasteiger partial charge in [0.15, 0.2) is 0 Å². The summed E-state index contributed by atoms with van der Waals surface area (Å²) in [7, 11) is 0. The van der Waals surface area contributed by atoms with Gasteiger partial charge in [-0.3, -0.25) is 0 Å². The SMILES string of the molecule is CC1=C(C)CC(C#N)CCCSC1. The molecule has 0 bridgehead atoms. The van der Waals surface area contributed by atoms with E-state index in [-0.39, 0.29) is 5.92 Å². The van der Waals surface area contributed by atoms with Crippen LogP contribution in [0, 0.1) is 17.2 Å². The highest BCUT2D eigenvalue weighted by molar-refractivity contribution is 7.99. The number of thioether (sulfide) groups is 1. The van der Waals surface area contributed by atoms with E-state index < -0.39 is 0 Å². The lowest BCUT2D eigenvalue weighted by Gasteiger charge is -2.08. The molecule has 13 heavy (non-hydrogen) atoms. The summed E-state index contributed by atoms with van der Waals surface area (Å²) in [5.74, 6) is 2.63. The minimum atomic E-state index is 0.258. The maximum atomic E-state index is 8.92. The van der Waals surface area contributed by atoms with Gasteiger partial charge in [0, 0.05) is 5.75 Å². The van der Waals surface area contributed by atoms with Gasteiger partial charge in [-0.1, -0.05) is 11.1 Å². The van der Waals surface area contributed by atoms with Gasteiger partial charge in [-0.05, 0) is 38.9 Å². The normalized spacial score (nSPS) is 25.8. The molecule has 0 amide bonds. The van der Waals surface area contributed by atoms with E-state index in [1.807, 2.05) is 11.8 Å². The molecule has 1 unspecified atom stereocenters. The van der Waals surface area contributed by atoms with Gasteiger partial charge in [0.25, 0.3) is 0 Å². The molecule has 0 saturated carbocycles. The fourth-order valence-electron chi connectivity index (χ4n) is 1.54. The molecule has 0 aromatic heterocycles. The minimum absolute atomic E-state index is 0.258. The summed E-state index contributed by atoms with van der Waals surface area (Å²) in [6.07, 6.45) is 3.26. The second-order valence-corrected chi connectivity index (χ2v) is 4.89. The van der Waals surface area contributed by atoms with Crippen molar-refractivity contribution in [1.82, 2.24) is 0 Å². The topological polar surface area (TPSA) is 23.8 Å². The molecular weight excluding hydrogens is 178 g/mol. The van der Waals surface area contributed by atoms with E-state index in [1.54, 1.807) is 0 Å². The highest BCUT2D eigenvalue weighted by Gasteiger charge is 2.11. The first-order valence-corrected chi connectivity index (χ1v) is 6.02. The van der Waals surface area contributed by atoms with Crippen molar-refractivity contribution < 1.29 is 0 Å². The van der Waals surface area contributed by atoms with Crippen LogP contribution in [0.4, 0.5) is 0 Å². The number of nitriles is 1. The third-order valence-corrected chi connectivity index (χ3v) is 3.84. The van der Waals surface area contributed by atoms with Crippen molar-refractivity contribution in [3.63, 3.8) is 0 Å². The lowest BCUT2D eigenvalue weighted by molar-refractivity contribution is 0.589. The molecule has 0 N–H and O–H groups in total. The summed E-state index contributed by atoms with van der Waals surface area (Å²) in [5.41, 5.74) is 2.91. The maximum absolute atomic E-state index is 8.92. The smallest absolute Gasteiger partial charge is 0.0659 e. The molecule has 1 atom stereocenters. The maximum Gasteiger partial charge on any atom is 0.0659 e. The average Bonchev–Trinajstić information content (AvgIpc) is 2.20. The first kappa shape index (κ1) is 10.7. The van der Waals surface area contributed by atoms with Crippen molar-refractivity contribution in [3.05, 3.63) is 11.1 Å². The predicted molar refractivity (Wildman–Crippen MR) is 58.7 cm³/mol. The molecule has 1 aliphatic heterocycles. The Morgan fingerprint density at radius 2 is 2.15 bits per heavy atom. The van der Waals surface area contributed by atoms with Crippen molar-refractivity contribution in [2.75, 3.05) is 11.5 Å². The first-order chi connectivity index (χ1) is 6.24. The standard InChI is InChI=1S/C11H17NS/c1-9-6-11(7-12)4-3-5-13-8-10(9)2/h11H,3-6,8H2,1-2H3. The van der Waals surface area contributed by atoms with Crippen molar-refractivity contribution in [2.45, 2.75) is 33.1 Å². The van der Waals surface area contributed by atoms with Crippen LogP contribution in [0.15, 0.2) is 11.1 Å². The first-order valence-electron chi connectivity index (χ1n) is 4.86. The minimum Gasteiger partial charge on any atom is -0.198 e. The number of hydrogen-bond donors (Lipinski definition) is 0. The predicted octanol–water partition coefficient (Wildman–Crippen LogP) is 3.38. The number of rotatable bonds is 0. The lowest BCUT2D eigenvalue weighted by atomic mass is 9.95. The van der Waals surface area contributed by atoms with Crippen LogP contribution in [0.2, 0.25) is 0 Å². The summed E-state index contributed by atoms with van der Waals surface area (Å²) in [5, 5.41) is 8.92. The monoisotopic (exact) mass is 195 g/mol. The molecule has 0 fully saturated rings. The fourth-order valence-corrected chi connectivity index (χ4v) is 2.60. The van der Waals surface area contributed by atoms with Gasteiger partial charge in [0.2, 0.25) is 0 Å². The van der Waals surface area contributed by atoms with Crippen LogP contribution in [0.3, 0.4) is 0 Å². The summed E-state index contributed by atoms with van der Waals surface area (Å²) < 4.78 is 0. The molecule has 0 aliphatic carbocycles. The third-order valence-electron chi connectivity index (χ3n) is 2.62. The highest BCUT2D eigenvalue weighted by atomic mass is 32.2. The van der Waals surface area contributed by atoms with E-state index in [4.69, 9.17) is 5.26 Å². The summed E-state index contributed by atoms with van der Waals surface area (Å²) in [6, 6.07) is 2.41. The second-order valence-electron chi connectivity index (χ2n) is 3.79. The third kappa shape index (κ3) is 3.44. The Balaban J connectivity index is 2.66. The second kappa shape index (κ2) is 5.34. The number of allylic oxidation sites excluding steroid dienone is 1. The molecule has 0 aromatic rings. The quantitative estimate of drug-likeness (QED) is 0.553. The molecule has 72 valence electrons. The summed E-state index contributed by atoms with van der Waals surface area (Å²) in [6.45, 7) is 4.37. The molecule has 1 rings (SSSR count). The summed E-state index contributed by atoms with van der Waals surface area (Å²) >= 11 is 2.00. The van der Waals surface area contributed by atoms with E-state index in [9.17, 15) is 0 Å². The van der Waals surface area contributed by atoms with Crippen LogP contribution in [0.1, 0.15) is 33.1 Å². The highest BCUT2D eigenvalue weighted by Crippen LogP contribution is 2.24. The Labute approximate surface area is 85.2 Å². The molecule has 1 nitrogen and oxygen atoms in total. The molecule has 1 aliphatic rings.